The van der Waals surface area contributed by atoms with Gasteiger partial charge in [-0.2, -0.15) is 0 Å². The van der Waals surface area contributed by atoms with Crippen molar-refractivity contribution in [3.8, 4) is 22.8 Å². The molecule has 5 heteroatoms. The third-order valence-corrected chi connectivity index (χ3v) is 2.93. The molecule has 1 aromatic heterocycles. The highest BCUT2D eigenvalue weighted by Gasteiger charge is 2.11. The van der Waals surface area contributed by atoms with E-state index in [2.05, 4.69) is 9.97 Å². The Hall–Kier alpha value is -2.30. The fourth-order valence-electron chi connectivity index (χ4n) is 1.91. The monoisotopic (exact) mass is 260 g/mol. The van der Waals surface area contributed by atoms with Crippen LogP contribution in [0.2, 0.25) is 0 Å². The Morgan fingerprint density at radius 1 is 1.11 bits per heavy atom. The van der Waals surface area contributed by atoms with E-state index < -0.39 is 0 Å². The van der Waals surface area contributed by atoms with Crippen LogP contribution in [0.15, 0.2) is 23.0 Å². The van der Waals surface area contributed by atoms with Gasteiger partial charge < -0.3 is 14.5 Å². The molecule has 0 saturated heterocycles. The third-order valence-electron chi connectivity index (χ3n) is 2.93. The second-order valence-corrected chi connectivity index (χ2v) is 4.19. The van der Waals surface area contributed by atoms with Crippen LogP contribution in [0.5, 0.6) is 11.5 Å². The van der Waals surface area contributed by atoms with E-state index >= 15 is 0 Å². The van der Waals surface area contributed by atoms with Gasteiger partial charge in [-0.1, -0.05) is 0 Å². The van der Waals surface area contributed by atoms with E-state index in [9.17, 15) is 4.79 Å². The van der Waals surface area contributed by atoms with Crippen LogP contribution in [0, 0.1) is 13.8 Å². The molecule has 5 nitrogen and oxygen atoms in total. The molecule has 0 bridgehead atoms. The smallest absolute Gasteiger partial charge is 0.254 e. The predicted octanol–water partition coefficient (Wildman–Crippen LogP) is 2.07. The normalized spacial score (nSPS) is 10.3. The van der Waals surface area contributed by atoms with E-state index in [1.54, 1.807) is 34.1 Å². The first-order valence-electron chi connectivity index (χ1n) is 5.86. The first-order chi connectivity index (χ1) is 9.06. The van der Waals surface area contributed by atoms with Crippen molar-refractivity contribution in [2.24, 2.45) is 0 Å². The predicted molar refractivity (Wildman–Crippen MR) is 72.9 cm³/mol. The number of H-pyrrole nitrogens is 1. The van der Waals surface area contributed by atoms with E-state index in [1.165, 1.54) is 0 Å². The molecule has 19 heavy (non-hydrogen) atoms. The minimum atomic E-state index is -0.128. The van der Waals surface area contributed by atoms with Crippen molar-refractivity contribution in [2.75, 3.05) is 14.2 Å². The molecule has 1 aromatic carbocycles. The van der Waals surface area contributed by atoms with Crippen LogP contribution >= 0.6 is 0 Å². The van der Waals surface area contributed by atoms with Gasteiger partial charge in [0.05, 0.1) is 19.9 Å². The molecule has 2 aromatic rings. The van der Waals surface area contributed by atoms with Gasteiger partial charge in [-0.3, -0.25) is 4.79 Å². The molecule has 1 heterocycles. The molecule has 1 N–H and O–H groups in total. The number of aromatic amines is 1. The first kappa shape index (κ1) is 13.1. The van der Waals surface area contributed by atoms with Crippen LogP contribution < -0.4 is 15.0 Å². The molecule has 0 atom stereocenters. The Morgan fingerprint density at radius 2 is 1.79 bits per heavy atom. The van der Waals surface area contributed by atoms with Gasteiger partial charge in [0.15, 0.2) is 11.5 Å². The summed E-state index contributed by atoms with van der Waals surface area (Å²) >= 11 is 0. The molecule has 2 rings (SSSR count). The fourth-order valence-corrected chi connectivity index (χ4v) is 1.91. The number of nitrogens with one attached hydrogen (secondary N) is 1. The number of aryl methyl sites for hydroxylation is 1. The summed E-state index contributed by atoms with van der Waals surface area (Å²) in [6.07, 6.45) is 0. The average molecular weight is 260 g/mol. The highest BCUT2D eigenvalue weighted by atomic mass is 16.5. The summed E-state index contributed by atoms with van der Waals surface area (Å²) in [5.41, 5.74) is 1.93. The average Bonchev–Trinajstić information content (AvgIpc) is 2.42. The first-order valence-corrected chi connectivity index (χ1v) is 5.86. The summed E-state index contributed by atoms with van der Waals surface area (Å²) in [6.45, 7) is 3.50. The van der Waals surface area contributed by atoms with E-state index in [-0.39, 0.29) is 5.56 Å². The van der Waals surface area contributed by atoms with Crippen molar-refractivity contribution in [1.82, 2.24) is 9.97 Å². The topological polar surface area (TPSA) is 64.2 Å². The molecule has 0 aliphatic rings. The van der Waals surface area contributed by atoms with Crippen LogP contribution in [-0.4, -0.2) is 24.2 Å². The SMILES string of the molecule is COc1ccc(-c2nc(C)[nH]c(=O)c2C)cc1OC. The zero-order valence-electron chi connectivity index (χ0n) is 11.4. The Morgan fingerprint density at radius 3 is 2.42 bits per heavy atom. The second kappa shape index (κ2) is 5.14. The van der Waals surface area contributed by atoms with Crippen LogP contribution in [0.4, 0.5) is 0 Å². The van der Waals surface area contributed by atoms with Crippen LogP contribution in [0.25, 0.3) is 11.3 Å². The Kier molecular flexibility index (Phi) is 3.55. The zero-order chi connectivity index (χ0) is 14.0. The number of methoxy groups -OCH3 is 2. The van der Waals surface area contributed by atoms with Crippen LogP contribution in [-0.2, 0) is 0 Å². The largest absolute Gasteiger partial charge is 0.493 e. The van der Waals surface area contributed by atoms with Gasteiger partial charge in [0, 0.05) is 11.1 Å². The van der Waals surface area contributed by atoms with Gasteiger partial charge in [-0.05, 0) is 32.0 Å². The molecular weight excluding hydrogens is 244 g/mol. The van der Waals surface area contributed by atoms with Crippen molar-refractivity contribution >= 4 is 0 Å². The minimum absolute atomic E-state index is 0.128. The summed E-state index contributed by atoms with van der Waals surface area (Å²) in [6, 6.07) is 5.47. The maximum Gasteiger partial charge on any atom is 0.254 e. The molecule has 0 saturated carbocycles. The fraction of sp³-hybridized carbons (Fsp3) is 0.286. The summed E-state index contributed by atoms with van der Waals surface area (Å²) in [5.74, 6) is 1.84. The lowest BCUT2D eigenvalue weighted by Gasteiger charge is -2.10. The van der Waals surface area contributed by atoms with E-state index in [0.717, 1.165) is 5.56 Å². The third kappa shape index (κ3) is 2.45. The van der Waals surface area contributed by atoms with E-state index in [4.69, 9.17) is 9.47 Å². The second-order valence-electron chi connectivity index (χ2n) is 4.19. The lowest BCUT2D eigenvalue weighted by molar-refractivity contribution is 0.355. The molecule has 0 aliphatic heterocycles. The Balaban J connectivity index is 2.62. The molecule has 0 amide bonds. The number of aromatic nitrogens is 2. The van der Waals surface area contributed by atoms with Gasteiger partial charge in [-0.25, -0.2) is 4.98 Å². The lowest BCUT2D eigenvalue weighted by Crippen LogP contribution is -2.14. The maximum absolute atomic E-state index is 11.8. The number of ether oxygens (including phenoxy) is 2. The molecule has 0 fully saturated rings. The highest BCUT2D eigenvalue weighted by Crippen LogP contribution is 2.32. The molecule has 0 spiro atoms. The lowest BCUT2D eigenvalue weighted by atomic mass is 10.1. The van der Waals surface area contributed by atoms with Crippen LogP contribution in [0.1, 0.15) is 11.4 Å². The molecule has 0 aliphatic carbocycles. The van der Waals surface area contributed by atoms with Gasteiger partial charge in [0.2, 0.25) is 0 Å². The van der Waals surface area contributed by atoms with Gasteiger partial charge in [0.1, 0.15) is 5.82 Å². The zero-order valence-corrected chi connectivity index (χ0v) is 11.4. The Labute approximate surface area is 111 Å². The maximum atomic E-state index is 11.8. The van der Waals surface area contributed by atoms with Gasteiger partial charge in [0.25, 0.3) is 5.56 Å². The van der Waals surface area contributed by atoms with Gasteiger partial charge in [-0.15, -0.1) is 0 Å². The molecular formula is C14H16N2O3. The standard InChI is InChI=1S/C14H16N2O3/c1-8-13(15-9(2)16-14(8)17)10-5-6-11(18-3)12(7-10)19-4/h5-7H,1-4H3,(H,15,16,17). The van der Waals surface area contributed by atoms with Crippen molar-refractivity contribution in [3.63, 3.8) is 0 Å². The number of hydrogen-bond acceptors (Lipinski definition) is 4. The highest BCUT2D eigenvalue weighted by molar-refractivity contribution is 5.66. The Bertz CT molecular complexity index is 662. The van der Waals surface area contributed by atoms with Crippen molar-refractivity contribution in [2.45, 2.75) is 13.8 Å². The van der Waals surface area contributed by atoms with Crippen molar-refractivity contribution in [3.05, 3.63) is 39.9 Å². The number of rotatable bonds is 3. The van der Waals surface area contributed by atoms with E-state index in [1.807, 2.05) is 12.1 Å². The quantitative estimate of drug-likeness (QED) is 0.917. The summed E-state index contributed by atoms with van der Waals surface area (Å²) in [4.78, 5) is 18.8. The summed E-state index contributed by atoms with van der Waals surface area (Å²) in [5, 5.41) is 0. The number of nitrogens with zero attached hydrogens (tertiary/aromatic N) is 1. The minimum Gasteiger partial charge on any atom is -0.493 e. The van der Waals surface area contributed by atoms with Crippen molar-refractivity contribution < 1.29 is 9.47 Å². The summed E-state index contributed by atoms with van der Waals surface area (Å²) in [7, 11) is 3.16. The number of hydrogen-bond donors (Lipinski definition) is 1. The summed E-state index contributed by atoms with van der Waals surface area (Å²) < 4.78 is 10.5. The van der Waals surface area contributed by atoms with Crippen molar-refractivity contribution in [1.29, 1.82) is 0 Å². The van der Waals surface area contributed by atoms with E-state index in [0.29, 0.717) is 28.6 Å². The van der Waals surface area contributed by atoms with Gasteiger partial charge >= 0.3 is 0 Å². The molecule has 100 valence electrons. The number of benzene rings is 1. The molecule has 0 radical (unpaired) electrons. The van der Waals surface area contributed by atoms with Crippen LogP contribution in [0.3, 0.4) is 0 Å². The molecule has 0 unspecified atom stereocenters.